The first kappa shape index (κ1) is 7.36. The van der Waals surface area contributed by atoms with Gasteiger partial charge in [0.05, 0.1) is 10.8 Å². The van der Waals surface area contributed by atoms with E-state index < -0.39 is 0 Å². The number of Topliss-reactive ketones (excluding diaryl/α,β-unsaturated/α-hetero) is 1. The fourth-order valence-electron chi connectivity index (χ4n) is 0.949. The average molecular weight is 167 g/mol. The molecular formula is C6H8Cl2O. The Bertz CT molecular complexity index is 135. The molecule has 1 fully saturated rings. The lowest BCUT2D eigenvalue weighted by Crippen LogP contribution is -2.42. The van der Waals surface area contributed by atoms with Crippen LogP contribution in [0, 0.1) is 5.92 Å². The van der Waals surface area contributed by atoms with Crippen LogP contribution in [0.3, 0.4) is 0 Å². The van der Waals surface area contributed by atoms with Crippen LogP contribution in [0.15, 0.2) is 0 Å². The molecule has 0 bridgehead atoms. The number of ketones is 1. The minimum atomic E-state index is -0.121. The van der Waals surface area contributed by atoms with Gasteiger partial charge < -0.3 is 0 Å². The molecule has 3 unspecified atom stereocenters. The smallest absolute Gasteiger partial charge is 0.134 e. The Labute approximate surface area is 64.3 Å². The first-order chi connectivity index (χ1) is 4.13. The third kappa shape index (κ3) is 1.22. The summed E-state index contributed by atoms with van der Waals surface area (Å²) < 4.78 is 0. The fraction of sp³-hybridized carbons (Fsp3) is 0.833. The van der Waals surface area contributed by atoms with Crippen molar-refractivity contribution in [3.05, 3.63) is 0 Å². The van der Waals surface area contributed by atoms with Crippen LogP contribution in [0.1, 0.15) is 13.3 Å². The fourth-order valence-corrected chi connectivity index (χ4v) is 1.70. The summed E-state index contributed by atoms with van der Waals surface area (Å²) in [5, 5.41) is -0.107. The van der Waals surface area contributed by atoms with Gasteiger partial charge in [-0.2, -0.15) is 0 Å². The van der Waals surface area contributed by atoms with E-state index in [1.54, 1.807) is 6.92 Å². The first-order valence-corrected chi connectivity index (χ1v) is 3.79. The molecule has 52 valence electrons. The van der Waals surface area contributed by atoms with Crippen LogP contribution in [0.5, 0.6) is 0 Å². The van der Waals surface area contributed by atoms with Crippen molar-refractivity contribution in [3.63, 3.8) is 0 Å². The summed E-state index contributed by atoms with van der Waals surface area (Å²) in [7, 11) is 0. The average Bonchev–Trinajstić information content (AvgIpc) is 1.81. The van der Waals surface area contributed by atoms with E-state index in [2.05, 4.69) is 0 Å². The number of carbonyl (C=O) groups is 1. The van der Waals surface area contributed by atoms with Gasteiger partial charge in [0, 0.05) is 5.92 Å². The topological polar surface area (TPSA) is 17.1 Å². The van der Waals surface area contributed by atoms with Crippen molar-refractivity contribution in [1.29, 1.82) is 0 Å². The third-order valence-corrected chi connectivity index (χ3v) is 2.92. The summed E-state index contributed by atoms with van der Waals surface area (Å²) >= 11 is 11.4. The lowest BCUT2D eigenvalue weighted by atomic mass is 9.81. The molecule has 0 N–H and O–H groups in total. The molecule has 0 aromatic rings. The standard InChI is InChI=1S/C6H8Cl2O/c1-3(9)4-2-5(7)6(4)8/h4-6H,2H2,1H3. The van der Waals surface area contributed by atoms with Crippen molar-refractivity contribution in [1.82, 2.24) is 0 Å². The Morgan fingerprint density at radius 3 is 2.22 bits per heavy atom. The van der Waals surface area contributed by atoms with Crippen molar-refractivity contribution >= 4 is 29.0 Å². The predicted octanol–water partition coefficient (Wildman–Crippen LogP) is 1.81. The van der Waals surface area contributed by atoms with Gasteiger partial charge >= 0.3 is 0 Å². The Morgan fingerprint density at radius 2 is 2.11 bits per heavy atom. The molecule has 0 saturated heterocycles. The first-order valence-electron chi connectivity index (χ1n) is 2.91. The van der Waals surface area contributed by atoms with E-state index in [0.717, 1.165) is 6.42 Å². The zero-order valence-electron chi connectivity index (χ0n) is 5.10. The highest BCUT2D eigenvalue weighted by Crippen LogP contribution is 2.37. The van der Waals surface area contributed by atoms with Gasteiger partial charge in [-0.25, -0.2) is 0 Å². The normalized spacial score (nSPS) is 41.9. The van der Waals surface area contributed by atoms with Crippen LogP contribution in [0.4, 0.5) is 0 Å². The van der Waals surface area contributed by atoms with E-state index in [0.29, 0.717) is 0 Å². The second-order valence-electron chi connectivity index (χ2n) is 2.41. The molecule has 0 heterocycles. The van der Waals surface area contributed by atoms with Gasteiger partial charge in [0.15, 0.2) is 0 Å². The highest BCUT2D eigenvalue weighted by Gasteiger charge is 2.40. The molecule has 0 aliphatic heterocycles. The summed E-state index contributed by atoms with van der Waals surface area (Å²) in [4.78, 5) is 10.6. The summed E-state index contributed by atoms with van der Waals surface area (Å²) in [6.07, 6.45) is 0.755. The molecule has 1 rings (SSSR count). The minimum Gasteiger partial charge on any atom is -0.300 e. The SMILES string of the molecule is CC(=O)C1CC(Cl)C1Cl. The molecule has 0 aromatic heterocycles. The summed E-state index contributed by atoms with van der Waals surface area (Å²) in [5.74, 6) is 0.182. The number of hydrogen-bond donors (Lipinski definition) is 0. The lowest BCUT2D eigenvalue weighted by molar-refractivity contribution is -0.122. The predicted molar refractivity (Wildman–Crippen MR) is 38.1 cm³/mol. The quantitative estimate of drug-likeness (QED) is 0.544. The van der Waals surface area contributed by atoms with Gasteiger partial charge in [-0.05, 0) is 13.3 Å². The van der Waals surface area contributed by atoms with Crippen molar-refractivity contribution in [2.45, 2.75) is 24.1 Å². The van der Waals surface area contributed by atoms with Crippen LogP contribution in [-0.4, -0.2) is 16.5 Å². The molecule has 1 aliphatic rings. The molecule has 0 spiro atoms. The van der Waals surface area contributed by atoms with Crippen LogP contribution in [0.2, 0.25) is 0 Å². The Hall–Kier alpha value is 0.250. The third-order valence-electron chi connectivity index (χ3n) is 1.73. The zero-order valence-corrected chi connectivity index (χ0v) is 6.62. The largest absolute Gasteiger partial charge is 0.300 e. The van der Waals surface area contributed by atoms with E-state index >= 15 is 0 Å². The van der Waals surface area contributed by atoms with Gasteiger partial charge in [0.25, 0.3) is 0 Å². The number of alkyl halides is 2. The number of halogens is 2. The highest BCUT2D eigenvalue weighted by molar-refractivity contribution is 6.32. The molecule has 3 atom stereocenters. The summed E-state index contributed by atoms with van der Waals surface area (Å²) in [6.45, 7) is 1.56. The number of rotatable bonds is 1. The number of hydrogen-bond acceptors (Lipinski definition) is 1. The van der Waals surface area contributed by atoms with Crippen molar-refractivity contribution in [2.75, 3.05) is 0 Å². The molecule has 1 nitrogen and oxygen atoms in total. The summed E-state index contributed by atoms with van der Waals surface area (Å²) in [5.41, 5.74) is 0. The van der Waals surface area contributed by atoms with Gasteiger partial charge in [0.1, 0.15) is 5.78 Å². The second kappa shape index (κ2) is 2.47. The molecule has 1 saturated carbocycles. The van der Waals surface area contributed by atoms with Crippen LogP contribution in [-0.2, 0) is 4.79 Å². The Kier molecular flexibility index (Phi) is 2.02. The molecule has 3 heteroatoms. The molecule has 9 heavy (non-hydrogen) atoms. The van der Waals surface area contributed by atoms with Gasteiger partial charge in [0.2, 0.25) is 0 Å². The lowest BCUT2D eigenvalue weighted by Gasteiger charge is -2.34. The van der Waals surface area contributed by atoms with E-state index in [1.165, 1.54) is 0 Å². The van der Waals surface area contributed by atoms with E-state index in [4.69, 9.17) is 23.2 Å². The molecule has 0 amide bonds. The highest BCUT2D eigenvalue weighted by atomic mass is 35.5. The Morgan fingerprint density at radius 1 is 1.56 bits per heavy atom. The maximum absolute atomic E-state index is 10.6. The van der Waals surface area contributed by atoms with Crippen molar-refractivity contribution in [3.8, 4) is 0 Å². The maximum Gasteiger partial charge on any atom is 0.134 e. The van der Waals surface area contributed by atoms with E-state index in [1.807, 2.05) is 0 Å². The van der Waals surface area contributed by atoms with Crippen LogP contribution < -0.4 is 0 Å². The monoisotopic (exact) mass is 166 g/mol. The number of carbonyl (C=O) groups excluding carboxylic acids is 1. The zero-order chi connectivity index (χ0) is 7.02. The van der Waals surface area contributed by atoms with E-state index in [-0.39, 0.29) is 22.5 Å². The van der Waals surface area contributed by atoms with Crippen molar-refractivity contribution in [2.24, 2.45) is 5.92 Å². The van der Waals surface area contributed by atoms with E-state index in [9.17, 15) is 4.79 Å². The summed E-state index contributed by atoms with van der Waals surface area (Å²) in [6, 6.07) is 0. The molecular weight excluding hydrogens is 159 g/mol. The van der Waals surface area contributed by atoms with Crippen molar-refractivity contribution < 1.29 is 4.79 Å². The molecule has 1 aliphatic carbocycles. The van der Waals surface area contributed by atoms with Crippen LogP contribution in [0.25, 0.3) is 0 Å². The second-order valence-corrected chi connectivity index (χ2v) is 3.48. The minimum absolute atomic E-state index is 0.0144. The van der Waals surface area contributed by atoms with Crippen LogP contribution >= 0.6 is 23.2 Å². The Balaban J connectivity index is 2.42. The van der Waals surface area contributed by atoms with Gasteiger partial charge in [-0.1, -0.05) is 0 Å². The van der Waals surface area contributed by atoms with Gasteiger partial charge in [-0.15, -0.1) is 23.2 Å². The maximum atomic E-state index is 10.6. The van der Waals surface area contributed by atoms with Gasteiger partial charge in [-0.3, -0.25) is 4.79 Å². The molecule has 0 radical (unpaired) electrons. The molecule has 0 aromatic carbocycles.